The second-order valence-electron chi connectivity index (χ2n) is 3.22. The monoisotopic (exact) mass is 342 g/mol. The van der Waals surface area contributed by atoms with E-state index in [0.717, 1.165) is 19.8 Å². The Labute approximate surface area is 146 Å². The minimum Gasteiger partial charge on any atom is -0.790 e. The SMILES string of the molecule is CC(=O)O.NCCCCC(N)C(=O)O.O=P([O-])([O-])O.[Ca+2]. The standard InChI is InChI=1S/C6H14N2O2.C2H4O2.Ca.H3O4P/c7-4-2-1-3-5(8)6(9)10;1-2(3)4;;1-5(2,3)4/h5H,1-4,7-8H2,(H,9,10);1H3,(H,3,4);;(H3,1,2,3,4)/q;;+2;/p-2. The summed E-state index contributed by atoms with van der Waals surface area (Å²) >= 11 is 0. The van der Waals surface area contributed by atoms with Crippen LogP contribution in [-0.2, 0) is 14.2 Å². The van der Waals surface area contributed by atoms with E-state index in [0.29, 0.717) is 13.0 Å². The van der Waals surface area contributed by atoms with Gasteiger partial charge in [-0.1, -0.05) is 6.42 Å². The minimum atomic E-state index is -5.14. The maximum atomic E-state index is 10.1. The fraction of sp³-hybridized carbons (Fsp3) is 0.750. The molecule has 0 aliphatic rings. The number of unbranched alkanes of at least 4 members (excludes halogenated alkanes) is 1. The number of phosphoric acid groups is 1. The topological polar surface area (TPSA) is 210 Å². The molecule has 0 aliphatic carbocycles. The Hall–Kier alpha value is 0.230. The number of aliphatic carboxylic acids is 2. The van der Waals surface area contributed by atoms with Crippen LogP contribution in [0.15, 0.2) is 0 Å². The first-order chi connectivity index (χ1) is 8.41. The first kappa shape index (κ1) is 28.4. The van der Waals surface area contributed by atoms with Crippen molar-refractivity contribution in [3.63, 3.8) is 0 Å². The van der Waals surface area contributed by atoms with E-state index in [-0.39, 0.29) is 37.7 Å². The summed E-state index contributed by atoms with van der Waals surface area (Å²) in [4.78, 5) is 43.4. The van der Waals surface area contributed by atoms with Gasteiger partial charge in [0.25, 0.3) is 5.97 Å². The van der Waals surface area contributed by atoms with Gasteiger partial charge in [0, 0.05) is 6.92 Å². The van der Waals surface area contributed by atoms with E-state index in [1.807, 2.05) is 0 Å². The predicted octanol–water partition coefficient (Wildman–Crippen LogP) is -2.96. The first-order valence-electron chi connectivity index (χ1n) is 5.04. The number of carbonyl (C=O) groups is 2. The summed E-state index contributed by atoms with van der Waals surface area (Å²) in [7, 11) is -5.14. The first-order valence-corrected chi connectivity index (χ1v) is 6.54. The van der Waals surface area contributed by atoms with Gasteiger partial charge < -0.3 is 40.9 Å². The smallest absolute Gasteiger partial charge is 0.790 e. The molecule has 1 unspecified atom stereocenters. The van der Waals surface area contributed by atoms with Crippen LogP contribution in [0.25, 0.3) is 0 Å². The van der Waals surface area contributed by atoms with Crippen molar-refractivity contribution >= 4 is 57.5 Å². The van der Waals surface area contributed by atoms with Crippen LogP contribution in [0, 0.1) is 0 Å². The van der Waals surface area contributed by atoms with Crippen LogP contribution in [-0.4, -0.2) is 77.4 Å². The molecule has 20 heavy (non-hydrogen) atoms. The van der Waals surface area contributed by atoms with E-state index in [2.05, 4.69) is 0 Å². The molecule has 116 valence electrons. The molecule has 0 aromatic rings. The van der Waals surface area contributed by atoms with E-state index in [4.69, 9.17) is 45.7 Å². The Morgan fingerprint density at radius 1 is 1.25 bits per heavy atom. The number of carboxylic acid groups (broad SMARTS) is 2. The van der Waals surface area contributed by atoms with Crippen molar-refractivity contribution < 1.29 is 39.0 Å². The van der Waals surface area contributed by atoms with E-state index in [1.54, 1.807) is 0 Å². The zero-order valence-electron chi connectivity index (χ0n) is 11.1. The van der Waals surface area contributed by atoms with E-state index < -0.39 is 25.8 Å². The van der Waals surface area contributed by atoms with E-state index >= 15 is 0 Å². The summed E-state index contributed by atoms with van der Waals surface area (Å²) in [5.41, 5.74) is 10.4. The normalized spacial score (nSPS) is 10.7. The van der Waals surface area contributed by atoms with Gasteiger partial charge in [-0.2, -0.15) is 0 Å². The molecule has 0 heterocycles. The number of hydrogen-bond acceptors (Lipinski definition) is 7. The molecule has 0 saturated carbocycles. The number of hydrogen-bond donors (Lipinski definition) is 5. The van der Waals surface area contributed by atoms with Crippen LogP contribution >= 0.6 is 7.82 Å². The Balaban J connectivity index is -0.000000108. The molecule has 0 amide bonds. The average molecular weight is 342 g/mol. The molecular formula is C8H19CaN2O8P. The zero-order valence-corrected chi connectivity index (χ0v) is 14.2. The molecule has 0 spiro atoms. The van der Waals surface area contributed by atoms with Crippen molar-refractivity contribution in [2.45, 2.75) is 32.2 Å². The van der Waals surface area contributed by atoms with Gasteiger partial charge in [0.15, 0.2) is 0 Å². The van der Waals surface area contributed by atoms with Gasteiger partial charge in [0.1, 0.15) is 6.04 Å². The molecule has 0 bridgehead atoms. The van der Waals surface area contributed by atoms with Gasteiger partial charge in [0.2, 0.25) is 0 Å². The van der Waals surface area contributed by atoms with Crippen molar-refractivity contribution in [1.82, 2.24) is 0 Å². The summed E-state index contributed by atoms with van der Waals surface area (Å²) in [6.45, 7) is 1.69. The number of carboxylic acids is 2. The Morgan fingerprint density at radius 3 is 1.75 bits per heavy atom. The molecular weight excluding hydrogens is 323 g/mol. The number of rotatable bonds is 5. The zero-order chi connectivity index (χ0) is 16.1. The summed E-state index contributed by atoms with van der Waals surface area (Å²) < 4.78 is 8.66. The molecule has 0 fully saturated rings. The molecule has 0 aromatic carbocycles. The molecule has 10 nitrogen and oxygen atoms in total. The van der Waals surface area contributed by atoms with Crippen molar-refractivity contribution in [2.24, 2.45) is 11.5 Å². The van der Waals surface area contributed by atoms with Gasteiger partial charge in [-0.25, -0.2) is 0 Å². The van der Waals surface area contributed by atoms with Gasteiger partial charge in [-0.3, -0.25) is 9.59 Å². The minimum absolute atomic E-state index is 0. The van der Waals surface area contributed by atoms with Crippen LogP contribution < -0.4 is 21.3 Å². The van der Waals surface area contributed by atoms with Crippen molar-refractivity contribution in [1.29, 1.82) is 0 Å². The quantitative estimate of drug-likeness (QED) is 0.194. The summed E-state index contributed by atoms with van der Waals surface area (Å²) in [6.07, 6.45) is 2.16. The van der Waals surface area contributed by atoms with Crippen molar-refractivity contribution in [2.75, 3.05) is 6.54 Å². The Bertz CT molecular complexity index is 286. The predicted molar refractivity (Wildman–Crippen MR) is 67.4 cm³/mol. The molecule has 7 N–H and O–H groups in total. The largest absolute Gasteiger partial charge is 2.00 e. The van der Waals surface area contributed by atoms with Gasteiger partial charge in [-0.15, -0.1) is 0 Å². The maximum absolute atomic E-state index is 10.1. The molecule has 12 heteroatoms. The fourth-order valence-electron chi connectivity index (χ4n) is 0.632. The molecule has 0 saturated heterocycles. The van der Waals surface area contributed by atoms with Crippen LogP contribution in [0.5, 0.6) is 0 Å². The molecule has 1 atom stereocenters. The van der Waals surface area contributed by atoms with Crippen LogP contribution in [0.4, 0.5) is 0 Å². The van der Waals surface area contributed by atoms with Crippen LogP contribution in [0.3, 0.4) is 0 Å². The molecule has 0 aromatic heterocycles. The second-order valence-corrected chi connectivity index (χ2v) is 4.15. The van der Waals surface area contributed by atoms with Gasteiger partial charge in [-0.05, 0) is 19.4 Å². The fourth-order valence-corrected chi connectivity index (χ4v) is 0.632. The summed E-state index contributed by atoms with van der Waals surface area (Å²) in [5, 5.41) is 15.7. The van der Waals surface area contributed by atoms with Crippen molar-refractivity contribution in [3.8, 4) is 0 Å². The molecule has 0 aliphatic heterocycles. The molecule has 0 rings (SSSR count). The number of nitrogens with two attached hydrogens (primary N) is 2. The third-order valence-corrected chi connectivity index (χ3v) is 1.29. The van der Waals surface area contributed by atoms with E-state index in [9.17, 15) is 4.79 Å². The van der Waals surface area contributed by atoms with Crippen LogP contribution in [0.1, 0.15) is 26.2 Å². The third kappa shape index (κ3) is 63.5. The second kappa shape index (κ2) is 17.3. The Kier molecular flexibility index (Phi) is 24.5. The van der Waals surface area contributed by atoms with Gasteiger partial charge in [0.05, 0.1) is 7.82 Å². The maximum Gasteiger partial charge on any atom is 2.00 e. The van der Waals surface area contributed by atoms with Crippen molar-refractivity contribution in [3.05, 3.63) is 0 Å². The average Bonchev–Trinajstić information content (AvgIpc) is 2.14. The van der Waals surface area contributed by atoms with Gasteiger partial charge >= 0.3 is 43.7 Å². The summed E-state index contributed by atoms with van der Waals surface area (Å²) in [6, 6.07) is -0.716. The Morgan fingerprint density at radius 2 is 1.55 bits per heavy atom. The summed E-state index contributed by atoms with van der Waals surface area (Å²) in [5.74, 6) is -1.77. The van der Waals surface area contributed by atoms with Crippen LogP contribution in [0.2, 0.25) is 0 Å². The third-order valence-electron chi connectivity index (χ3n) is 1.29. The molecule has 0 radical (unpaired) electrons. The van der Waals surface area contributed by atoms with E-state index in [1.165, 1.54) is 0 Å².